The monoisotopic (exact) mass is 382 g/mol. The van der Waals surface area contributed by atoms with E-state index in [0.29, 0.717) is 29.9 Å². The summed E-state index contributed by atoms with van der Waals surface area (Å²) in [6, 6.07) is 5.74. The van der Waals surface area contributed by atoms with Crippen molar-refractivity contribution in [1.82, 2.24) is 4.90 Å². The molecule has 3 rings (SSSR count). The second-order valence-electron chi connectivity index (χ2n) is 6.57. The number of halogens is 1. The molecule has 0 spiro atoms. The number of hydrogen-bond acceptors (Lipinski definition) is 4. The molecule has 2 atom stereocenters. The summed E-state index contributed by atoms with van der Waals surface area (Å²) in [6.45, 7) is 3.91. The zero-order valence-corrected chi connectivity index (χ0v) is 16.1. The molecule has 1 aromatic rings. The summed E-state index contributed by atoms with van der Waals surface area (Å²) in [4.78, 5) is 29.6. The van der Waals surface area contributed by atoms with E-state index < -0.39 is 0 Å². The molecule has 0 radical (unpaired) electrons. The summed E-state index contributed by atoms with van der Waals surface area (Å²) in [5.41, 5.74) is 0.891. The number of carbonyl (C=O) groups excluding carboxylic acids is 2. The fourth-order valence-corrected chi connectivity index (χ4v) is 4.69. The van der Waals surface area contributed by atoms with Crippen LogP contribution in [0, 0.1) is 5.92 Å². The number of ether oxygens (including phenoxy) is 1. The largest absolute Gasteiger partial charge is 0.453 e. The first-order chi connectivity index (χ1) is 12.0. The van der Waals surface area contributed by atoms with Crippen LogP contribution in [0.25, 0.3) is 0 Å². The number of anilines is 1. The quantitative estimate of drug-likeness (QED) is 0.735. The summed E-state index contributed by atoms with van der Waals surface area (Å²) < 4.78 is 4.81. The number of carbonyl (C=O) groups is 2. The van der Waals surface area contributed by atoms with Gasteiger partial charge in [-0.3, -0.25) is 4.79 Å². The van der Waals surface area contributed by atoms with Crippen LogP contribution in [-0.2, 0) is 9.53 Å². The van der Waals surface area contributed by atoms with Crippen LogP contribution in [0.3, 0.4) is 0 Å². The van der Waals surface area contributed by atoms with Gasteiger partial charge in [-0.25, -0.2) is 4.79 Å². The van der Waals surface area contributed by atoms with Gasteiger partial charge in [-0.2, -0.15) is 0 Å². The number of benzene rings is 1. The van der Waals surface area contributed by atoms with Crippen molar-refractivity contribution in [3.63, 3.8) is 0 Å². The molecule has 0 saturated carbocycles. The molecule has 2 amide bonds. The fourth-order valence-electron chi connectivity index (χ4n) is 3.43. The van der Waals surface area contributed by atoms with Crippen molar-refractivity contribution in [3.8, 4) is 0 Å². The summed E-state index contributed by atoms with van der Waals surface area (Å²) in [5, 5.41) is 1.07. The zero-order valence-electron chi connectivity index (χ0n) is 14.5. The average molecular weight is 383 g/mol. The molecule has 7 heteroatoms. The predicted octanol–water partition coefficient (Wildman–Crippen LogP) is 4.04. The molecular weight excluding hydrogens is 360 g/mol. The Kier molecular flexibility index (Phi) is 5.79. The average Bonchev–Trinajstić information content (AvgIpc) is 2.78. The van der Waals surface area contributed by atoms with Gasteiger partial charge >= 0.3 is 6.09 Å². The highest BCUT2D eigenvalue weighted by atomic mass is 35.5. The van der Waals surface area contributed by atoms with Gasteiger partial charge in [0.1, 0.15) is 0 Å². The molecule has 2 heterocycles. The maximum absolute atomic E-state index is 13.2. The lowest BCUT2D eigenvalue weighted by atomic mass is 9.96. The lowest BCUT2D eigenvalue weighted by Gasteiger charge is -2.34. The van der Waals surface area contributed by atoms with Crippen LogP contribution in [0.15, 0.2) is 23.1 Å². The lowest BCUT2D eigenvalue weighted by molar-refractivity contribution is -0.123. The number of thioether (sulfide) groups is 1. The van der Waals surface area contributed by atoms with Gasteiger partial charge in [0, 0.05) is 34.8 Å². The third kappa shape index (κ3) is 4.06. The second-order valence-corrected chi connectivity index (χ2v) is 8.49. The van der Waals surface area contributed by atoms with E-state index in [9.17, 15) is 9.59 Å². The van der Waals surface area contributed by atoms with Gasteiger partial charge in [0.25, 0.3) is 0 Å². The van der Waals surface area contributed by atoms with Crippen molar-refractivity contribution in [2.24, 2.45) is 5.92 Å². The van der Waals surface area contributed by atoms with Crippen molar-refractivity contribution in [1.29, 1.82) is 0 Å². The standard InChI is InChI=1S/C18H23ClN2O3S/c1-12-7-9-21(15-10-14(19)5-6-16(15)25-12)17(22)13-4-3-8-20(11-13)18(23)24-2/h5-6,10,12-13H,3-4,7-9,11H2,1-2H3. The number of amides is 2. The molecule has 0 aliphatic carbocycles. The van der Waals surface area contributed by atoms with Crippen LogP contribution in [-0.4, -0.2) is 48.9 Å². The van der Waals surface area contributed by atoms with Crippen LogP contribution >= 0.6 is 23.4 Å². The molecule has 1 fully saturated rings. The summed E-state index contributed by atoms with van der Waals surface area (Å²) in [7, 11) is 1.37. The van der Waals surface area contributed by atoms with E-state index in [2.05, 4.69) is 6.92 Å². The number of likely N-dealkylation sites (tertiary alicyclic amines) is 1. The van der Waals surface area contributed by atoms with Gasteiger partial charge in [-0.15, -0.1) is 11.8 Å². The lowest BCUT2D eigenvalue weighted by Crippen LogP contribution is -2.47. The van der Waals surface area contributed by atoms with Crippen molar-refractivity contribution in [3.05, 3.63) is 23.2 Å². The smallest absolute Gasteiger partial charge is 0.409 e. The first kappa shape index (κ1) is 18.4. The molecule has 2 aliphatic heterocycles. The van der Waals surface area contributed by atoms with Gasteiger partial charge in [0.15, 0.2) is 0 Å². The van der Waals surface area contributed by atoms with Crippen LogP contribution in [0.2, 0.25) is 5.02 Å². The van der Waals surface area contributed by atoms with E-state index in [1.54, 1.807) is 16.7 Å². The summed E-state index contributed by atoms with van der Waals surface area (Å²) >= 11 is 7.97. The Bertz CT molecular complexity index is 670. The van der Waals surface area contributed by atoms with Crippen molar-refractivity contribution >= 4 is 41.1 Å². The maximum Gasteiger partial charge on any atom is 0.409 e. The molecule has 1 aromatic carbocycles. The highest BCUT2D eigenvalue weighted by Gasteiger charge is 2.34. The Morgan fingerprint density at radius 3 is 2.84 bits per heavy atom. The van der Waals surface area contributed by atoms with E-state index >= 15 is 0 Å². The molecule has 25 heavy (non-hydrogen) atoms. The molecular formula is C18H23ClN2O3S. The molecule has 1 saturated heterocycles. The molecule has 0 N–H and O–H groups in total. The molecule has 5 nitrogen and oxygen atoms in total. The number of rotatable bonds is 1. The van der Waals surface area contributed by atoms with Crippen LogP contribution in [0.5, 0.6) is 0 Å². The van der Waals surface area contributed by atoms with E-state index in [0.717, 1.165) is 29.8 Å². The first-order valence-electron chi connectivity index (χ1n) is 8.60. The van der Waals surface area contributed by atoms with Gasteiger partial charge in [0.2, 0.25) is 5.91 Å². The van der Waals surface area contributed by atoms with Gasteiger partial charge < -0.3 is 14.5 Å². The second kappa shape index (κ2) is 7.87. The minimum absolute atomic E-state index is 0.0758. The van der Waals surface area contributed by atoms with Gasteiger partial charge in [-0.05, 0) is 37.5 Å². The van der Waals surface area contributed by atoms with Gasteiger partial charge in [0.05, 0.1) is 18.7 Å². The predicted molar refractivity (Wildman–Crippen MR) is 100 cm³/mol. The zero-order chi connectivity index (χ0) is 18.0. The number of fused-ring (bicyclic) bond motifs is 1. The third-order valence-electron chi connectivity index (χ3n) is 4.77. The highest BCUT2D eigenvalue weighted by molar-refractivity contribution is 8.00. The van der Waals surface area contributed by atoms with E-state index in [1.165, 1.54) is 7.11 Å². The molecule has 2 unspecified atom stereocenters. The Labute approximate surface area is 157 Å². The van der Waals surface area contributed by atoms with E-state index in [-0.39, 0.29) is 17.9 Å². The highest BCUT2D eigenvalue weighted by Crippen LogP contribution is 2.40. The van der Waals surface area contributed by atoms with Crippen LogP contribution in [0.1, 0.15) is 26.2 Å². The van der Waals surface area contributed by atoms with Crippen LogP contribution in [0.4, 0.5) is 10.5 Å². The molecule has 136 valence electrons. The van der Waals surface area contributed by atoms with E-state index in [1.807, 2.05) is 23.1 Å². The Morgan fingerprint density at radius 2 is 2.08 bits per heavy atom. The number of nitrogens with zero attached hydrogens (tertiary/aromatic N) is 2. The molecule has 2 aliphatic rings. The summed E-state index contributed by atoms with van der Waals surface area (Å²) in [6.07, 6.45) is 2.17. The Hall–Kier alpha value is -1.40. The minimum atomic E-state index is -0.360. The number of hydrogen-bond donors (Lipinski definition) is 0. The van der Waals surface area contributed by atoms with Gasteiger partial charge in [-0.1, -0.05) is 18.5 Å². The van der Waals surface area contributed by atoms with E-state index in [4.69, 9.17) is 16.3 Å². The Balaban J connectivity index is 1.84. The third-order valence-corrected chi connectivity index (χ3v) is 6.24. The topological polar surface area (TPSA) is 49.9 Å². The summed E-state index contributed by atoms with van der Waals surface area (Å²) in [5.74, 6) is -0.120. The molecule has 0 aromatic heterocycles. The minimum Gasteiger partial charge on any atom is -0.453 e. The number of piperidine rings is 1. The molecule has 0 bridgehead atoms. The SMILES string of the molecule is COC(=O)N1CCCC(C(=O)N2CCC(C)Sc3ccc(Cl)cc32)C1. The van der Waals surface area contributed by atoms with Crippen LogP contribution < -0.4 is 4.90 Å². The number of methoxy groups -OCH3 is 1. The Morgan fingerprint density at radius 1 is 1.28 bits per heavy atom. The van der Waals surface area contributed by atoms with Crippen molar-refractivity contribution in [2.75, 3.05) is 31.6 Å². The normalized spacial score (nSPS) is 23.6. The van der Waals surface area contributed by atoms with Crippen molar-refractivity contribution in [2.45, 2.75) is 36.3 Å². The fraction of sp³-hybridized carbons (Fsp3) is 0.556. The maximum atomic E-state index is 13.2. The van der Waals surface area contributed by atoms with Crippen molar-refractivity contribution < 1.29 is 14.3 Å². The first-order valence-corrected chi connectivity index (χ1v) is 9.86.